The SMILES string of the molecule is CCNC(=NCc1ccc(OC)nc1)NCCOc1ccc(OC)cc1.I. The Morgan fingerprint density at radius 3 is 2.33 bits per heavy atom. The minimum Gasteiger partial charge on any atom is -0.497 e. The van der Waals surface area contributed by atoms with Gasteiger partial charge in [-0.25, -0.2) is 9.98 Å². The first-order valence-corrected chi connectivity index (χ1v) is 8.53. The van der Waals surface area contributed by atoms with Crippen LogP contribution in [0, 0.1) is 0 Å². The highest BCUT2D eigenvalue weighted by atomic mass is 127. The van der Waals surface area contributed by atoms with Crippen molar-refractivity contribution in [1.82, 2.24) is 15.6 Å². The van der Waals surface area contributed by atoms with Gasteiger partial charge in [0.25, 0.3) is 0 Å². The first-order valence-electron chi connectivity index (χ1n) is 8.53. The first kappa shape index (κ1) is 22.8. The number of aliphatic imine (C=N–C) groups is 1. The van der Waals surface area contributed by atoms with Crippen LogP contribution in [0.5, 0.6) is 17.4 Å². The molecular formula is C19H27IN4O3. The van der Waals surface area contributed by atoms with E-state index < -0.39 is 0 Å². The van der Waals surface area contributed by atoms with Crippen LogP contribution in [0.1, 0.15) is 12.5 Å². The van der Waals surface area contributed by atoms with Gasteiger partial charge in [0.2, 0.25) is 5.88 Å². The molecule has 1 aromatic carbocycles. The summed E-state index contributed by atoms with van der Waals surface area (Å²) in [6.07, 6.45) is 1.76. The summed E-state index contributed by atoms with van der Waals surface area (Å²) in [5.74, 6) is 2.95. The molecule has 0 atom stereocenters. The lowest BCUT2D eigenvalue weighted by Gasteiger charge is -2.12. The minimum absolute atomic E-state index is 0. The normalized spacial score (nSPS) is 10.6. The zero-order chi connectivity index (χ0) is 18.6. The van der Waals surface area contributed by atoms with E-state index in [1.807, 2.05) is 43.3 Å². The molecule has 0 spiro atoms. The molecule has 2 rings (SSSR count). The molecule has 0 aliphatic heterocycles. The summed E-state index contributed by atoms with van der Waals surface area (Å²) in [6.45, 7) is 4.51. The zero-order valence-electron chi connectivity index (χ0n) is 15.9. The van der Waals surface area contributed by atoms with Gasteiger partial charge in [0.1, 0.15) is 18.1 Å². The number of guanidine groups is 1. The van der Waals surface area contributed by atoms with Crippen LogP contribution in [-0.2, 0) is 6.54 Å². The maximum absolute atomic E-state index is 5.70. The summed E-state index contributed by atoms with van der Waals surface area (Å²) in [6, 6.07) is 11.3. The van der Waals surface area contributed by atoms with Crippen molar-refractivity contribution < 1.29 is 14.2 Å². The number of rotatable bonds is 9. The zero-order valence-corrected chi connectivity index (χ0v) is 18.2. The fourth-order valence-electron chi connectivity index (χ4n) is 2.15. The molecule has 0 unspecified atom stereocenters. The Bertz CT molecular complexity index is 678. The maximum Gasteiger partial charge on any atom is 0.212 e. The van der Waals surface area contributed by atoms with Gasteiger partial charge in [-0.3, -0.25) is 0 Å². The largest absolute Gasteiger partial charge is 0.497 e. The standard InChI is InChI=1S/C19H26N4O3.HI/c1-4-20-19(23-14-15-5-10-18(25-3)22-13-15)21-11-12-26-17-8-6-16(24-2)7-9-17;/h5-10,13H,4,11-12,14H2,1-3H3,(H2,20,21,23);1H. The van der Waals surface area contributed by atoms with Crippen molar-refractivity contribution >= 4 is 29.9 Å². The predicted octanol–water partition coefficient (Wildman–Crippen LogP) is 2.85. The Morgan fingerprint density at radius 2 is 1.74 bits per heavy atom. The van der Waals surface area contributed by atoms with Gasteiger partial charge in [0.05, 0.1) is 27.3 Å². The van der Waals surface area contributed by atoms with Gasteiger partial charge in [0.15, 0.2) is 5.96 Å². The summed E-state index contributed by atoms with van der Waals surface area (Å²) in [4.78, 5) is 8.73. The molecule has 0 bridgehead atoms. The molecule has 2 N–H and O–H groups in total. The van der Waals surface area contributed by atoms with E-state index >= 15 is 0 Å². The third-order valence-corrected chi connectivity index (χ3v) is 3.49. The lowest BCUT2D eigenvalue weighted by molar-refractivity contribution is 0.321. The van der Waals surface area contributed by atoms with Gasteiger partial charge in [-0.15, -0.1) is 24.0 Å². The third-order valence-electron chi connectivity index (χ3n) is 3.49. The fourth-order valence-corrected chi connectivity index (χ4v) is 2.15. The van der Waals surface area contributed by atoms with Crippen molar-refractivity contribution in [2.45, 2.75) is 13.5 Å². The Morgan fingerprint density at radius 1 is 1.00 bits per heavy atom. The number of pyridine rings is 1. The second kappa shape index (κ2) is 13.0. The second-order valence-corrected chi connectivity index (χ2v) is 5.35. The number of hydrogen-bond acceptors (Lipinski definition) is 5. The second-order valence-electron chi connectivity index (χ2n) is 5.35. The van der Waals surface area contributed by atoms with Crippen LogP contribution in [0.2, 0.25) is 0 Å². The van der Waals surface area contributed by atoms with Gasteiger partial charge in [-0.05, 0) is 36.8 Å². The number of methoxy groups -OCH3 is 2. The predicted molar refractivity (Wildman–Crippen MR) is 118 cm³/mol. The smallest absolute Gasteiger partial charge is 0.212 e. The molecule has 0 radical (unpaired) electrons. The Hall–Kier alpha value is -2.23. The molecule has 1 aromatic heterocycles. The van der Waals surface area contributed by atoms with E-state index in [2.05, 4.69) is 20.6 Å². The minimum atomic E-state index is 0. The highest BCUT2D eigenvalue weighted by Gasteiger charge is 2.00. The fraction of sp³-hybridized carbons (Fsp3) is 0.368. The molecule has 0 fully saturated rings. The van der Waals surface area contributed by atoms with Gasteiger partial charge < -0.3 is 24.8 Å². The highest BCUT2D eigenvalue weighted by molar-refractivity contribution is 14.0. The molecule has 27 heavy (non-hydrogen) atoms. The number of aromatic nitrogens is 1. The summed E-state index contributed by atoms with van der Waals surface area (Å²) in [7, 11) is 3.24. The average molecular weight is 486 g/mol. The summed E-state index contributed by atoms with van der Waals surface area (Å²) in [5.41, 5.74) is 1.01. The number of nitrogens with one attached hydrogen (secondary N) is 2. The molecule has 0 aliphatic carbocycles. The lowest BCUT2D eigenvalue weighted by Crippen LogP contribution is -2.39. The quantitative estimate of drug-likeness (QED) is 0.246. The number of halogens is 1. The van der Waals surface area contributed by atoms with E-state index in [0.717, 1.165) is 29.6 Å². The monoisotopic (exact) mass is 486 g/mol. The van der Waals surface area contributed by atoms with Crippen molar-refractivity contribution in [2.75, 3.05) is 33.9 Å². The number of nitrogens with zero attached hydrogens (tertiary/aromatic N) is 2. The van der Waals surface area contributed by atoms with Gasteiger partial charge >= 0.3 is 0 Å². The molecular weight excluding hydrogens is 459 g/mol. The molecule has 2 aromatic rings. The van der Waals surface area contributed by atoms with Crippen LogP contribution in [-0.4, -0.2) is 44.9 Å². The molecule has 0 saturated carbocycles. The van der Waals surface area contributed by atoms with Gasteiger partial charge in [-0.1, -0.05) is 6.07 Å². The molecule has 8 heteroatoms. The van der Waals surface area contributed by atoms with E-state index in [-0.39, 0.29) is 24.0 Å². The van der Waals surface area contributed by atoms with E-state index in [0.29, 0.717) is 25.6 Å². The van der Waals surface area contributed by atoms with Crippen molar-refractivity contribution in [3.8, 4) is 17.4 Å². The summed E-state index contributed by atoms with van der Waals surface area (Å²) >= 11 is 0. The van der Waals surface area contributed by atoms with Crippen LogP contribution >= 0.6 is 24.0 Å². The van der Waals surface area contributed by atoms with E-state index in [1.165, 1.54) is 0 Å². The van der Waals surface area contributed by atoms with Crippen LogP contribution in [0.15, 0.2) is 47.6 Å². The third kappa shape index (κ3) is 8.33. The number of benzene rings is 1. The van der Waals surface area contributed by atoms with Crippen molar-refractivity contribution in [1.29, 1.82) is 0 Å². The van der Waals surface area contributed by atoms with Gasteiger partial charge in [0, 0.05) is 18.8 Å². The maximum atomic E-state index is 5.70. The van der Waals surface area contributed by atoms with Crippen LogP contribution in [0.4, 0.5) is 0 Å². The van der Waals surface area contributed by atoms with E-state index in [1.54, 1.807) is 20.4 Å². The average Bonchev–Trinajstić information content (AvgIpc) is 2.70. The van der Waals surface area contributed by atoms with Crippen LogP contribution < -0.4 is 24.8 Å². The first-order chi connectivity index (χ1) is 12.7. The summed E-state index contributed by atoms with van der Waals surface area (Å²) in [5, 5.41) is 6.46. The Labute approximate surface area is 177 Å². The number of hydrogen-bond donors (Lipinski definition) is 2. The topological polar surface area (TPSA) is 77.0 Å². The van der Waals surface area contributed by atoms with Crippen LogP contribution in [0.25, 0.3) is 0 Å². The Balaban J connectivity index is 0.00000364. The molecule has 0 saturated heterocycles. The molecule has 0 amide bonds. The highest BCUT2D eigenvalue weighted by Crippen LogP contribution is 2.16. The summed E-state index contributed by atoms with van der Waals surface area (Å²) < 4.78 is 15.9. The van der Waals surface area contributed by atoms with E-state index in [4.69, 9.17) is 14.2 Å². The molecule has 0 aliphatic rings. The van der Waals surface area contributed by atoms with Crippen molar-refractivity contribution in [3.05, 3.63) is 48.2 Å². The molecule has 1 heterocycles. The van der Waals surface area contributed by atoms with E-state index in [9.17, 15) is 0 Å². The molecule has 148 valence electrons. The molecule has 7 nitrogen and oxygen atoms in total. The van der Waals surface area contributed by atoms with Gasteiger partial charge in [-0.2, -0.15) is 0 Å². The van der Waals surface area contributed by atoms with Crippen molar-refractivity contribution in [2.24, 2.45) is 4.99 Å². The lowest BCUT2D eigenvalue weighted by atomic mass is 10.3. The van der Waals surface area contributed by atoms with Crippen molar-refractivity contribution in [3.63, 3.8) is 0 Å². The number of ether oxygens (including phenoxy) is 3. The van der Waals surface area contributed by atoms with Crippen LogP contribution in [0.3, 0.4) is 0 Å². The Kier molecular flexibility index (Phi) is 11.0.